The molecule has 3 aromatic heterocycles. The van der Waals surface area contributed by atoms with Crippen molar-refractivity contribution in [2.45, 2.75) is 39.1 Å². The highest BCUT2D eigenvalue weighted by atomic mass is 32.1. The molecule has 8 nitrogen and oxygen atoms in total. The van der Waals surface area contributed by atoms with E-state index in [4.69, 9.17) is 9.47 Å². The van der Waals surface area contributed by atoms with Crippen LogP contribution in [0.25, 0.3) is 22.3 Å². The number of aromatic carboxylic acids is 1. The Morgan fingerprint density at radius 3 is 2.57 bits per heavy atom. The van der Waals surface area contributed by atoms with E-state index in [0.29, 0.717) is 24.1 Å². The molecule has 6 rings (SSSR count). The summed E-state index contributed by atoms with van der Waals surface area (Å²) in [6.07, 6.45) is -4.08. The lowest BCUT2D eigenvalue weighted by Crippen LogP contribution is -2.27. The Kier molecular flexibility index (Phi) is 8.01. The lowest BCUT2D eigenvalue weighted by molar-refractivity contribution is -0.134. The van der Waals surface area contributed by atoms with E-state index < -0.39 is 45.9 Å². The molecule has 15 heteroatoms. The number of rotatable bonds is 8. The minimum atomic E-state index is -4.53. The van der Waals surface area contributed by atoms with Crippen molar-refractivity contribution in [3.8, 4) is 17.1 Å². The van der Waals surface area contributed by atoms with Gasteiger partial charge < -0.3 is 19.1 Å². The first-order chi connectivity index (χ1) is 21.7. The Bertz CT molecular complexity index is 1970. The fraction of sp³-hybridized carbons (Fsp3) is 0.290. The maximum Gasteiger partial charge on any atom is 0.427 e. The lowest BCUT2D eigenvalue weighted by atomic mass is 9.87. The molecular weight excluding hydrogens is 638 g/mol. The van der Waals surface area contributed by atoms with E-state index in [9.17, 15) is 23.1 Å². The minimum Gasteiger partial charge on any atom is -0.478 e. The Morgan fingerprint density at radius 1 is 1.11 bits per heavy atom. The van der Waals surface area contributed by atoms with Gasteiger partial charge in [-0.05, 0) is 35.9 Å². The molecule has 0 aliphatic carbocycles. The zero-order chi connectivity index (χ0) is 33.0. The summed E-state index contributed by atoms with van der Waals surface area (Å²) < 4.78 is 97.5. The van der Waals surface area contributed by atoms with Crippen molar-refractivity contribution < 1.29 is 45.7 Å². The molecule has 0 amide bonds. The molecule has 1 N–H and O–H groups in total. The normalized spacial score (nSPS) is 16.3. The van der Waals surface area contributed by atoms with Gasteiger partial charge in [0.15, 0.2) is 5.82 Å². The molecule has 0 spiro atoms. The van der Waals surface area contributed by atoms with E-state index in [2.05, 4.69) is 15.0 Å². The number of hydrogen-bond acceptors (Lipinski definition) is 7. The maximum absolute atomic E-state index is 15.6. The average Bonchev–Trinajstić information content (AvgIpc) is 3.70. The van der Waals surface area contributed by atoms with Crippen LogP contribution in [0.15, 0.2) is 48.7 Å². The summed E-state index contributed by atoms with van der Waals surface area (Å²) >= 11 is 0.420. The lowest BCUT2D eigenvalue weighted by Gasteiger charge is -2.28. The minimum absolute atomic E-state index is 0.0101. The molecule has 5 aromatic rings. The Labute approximate surface area is 261 Å². The van der Waals surface area contributed by atoms with Gasteiger partial charge in [-0.2, -0.15) is 13.2 Å². The number of alkyl halides is 3. The molecular formula is C31H24F6N4O4S. The number of ether oxygens (including phenoxy) is 2. The van der Waals surface area contributed by atoms with Crippen molar-refractivity contribution in [1.29, 1.82) is 0 Å². The summed E-state index contributed by atoms with van der Waals surface area (Å²) in [4.78, 5) is 23.1. The van der Waals surface area contributed by atoms with Gasteiger partial charge in [-0.1, -0.05) is 19.9 Å². The number of imidazole rings is 1. The van der Waals surface area contributed by atoms with Crippen molar-refractivity contribution in [3.05, 3.63) is 92.9 Å². The second-order valence-corrected chi connectivity index (χ2v) is 12.5. The van der Waals surface area contributed by atoms with Crippen molar-refractivity contribution >= 4 is 28.3 Å². The number of carboxylic acid groups (broad SMARTS) is 1. The maximum atomic E-state index is 15.6. The summed E-state index contributed by atoms with van der Waals surface area (Å²) in [5.41, 5.74) is -0.940. The van der Waals surface area contributed by atoms with E-state index in [-0.39, 0.29) is 69.8 Å². The second kappa shape index (κ2) is 11.7. The van der Waals surface area contributed by atoms with Gasteiger partial charge in [0.2, 0.25) is 5.88 Å². The van der Waals surface area contributed by atoms with Crippen LogP contribution in [0, 0.1) is 22.9 Å². The predicted molar refractivity (Wildman–Crippen MR) is 154 cm³/mol. The van der Waals surface area contributed by atoms with Crippen LogP contribution in [-0.2, 0) is 23.9 Å². The molecule has 1 aliphatic heterocycles. The van der Waals surface area contributed by atoms with Gasteiger partial charge >= 0.3 is 12.1 Å². The van der Waals surface area contributed by atoms with Crippen LogP contribution in [0.5, 0.6) is 5.88 Å². The SMILES string of the molecule is CC1(C)COCC1n1c(Cc2cc(F)c(-c3cccc(OCc4ncc(C(F)(F)F)s4)n3)cc2F)nc2c(F)cc(C(=O)O)cc21. The van der Waals surface area contributed by atoms with Gasteiger partial charge in [-0.25, -0.2) is 32.9 Å². The molecule has 0 bridgehead atoms. The van der Waals surface area contributed by atoms with Gasteiger partial charge in [0.05, 0.1) is 42.2 Å². The monoisotopic (exact) mass is 662 g/mol. The topological polar surface area (TPSA) is 99.4 Å². The van der Waals surface area contributed by atoms with Crippen LogP contribution in [0.2, 0.25) is 0 Å². The molecule has 1 fully saturated rings. The summed E-state index contributed by atoms with van der Waals surface area (Å²) in [5.74, 6) is -3.68. The molecule has 240 valence electrons. The number of halogens is 6. The number of aromatic nitrogens is 4. The van der Waals surface area contributed by atoms with Gasteiger partial charge in [0, 0.05) is 23.5 Å². The van der Waals surface area contributed by atoms with E-state index in [1.165, 1.54) is 24.3 Å². The third-order valence-electron chi connectivity index (χ3n) is 7.69. The number of nitrogens with zero attached hydrogens (tertiary/aromatic N) is 4. The molecule has 1 atom stereocenters. The highest BCUT2D eigenvalue weighted by Gasteiger charge is 2.39. The Balaban J connectivity index is 1.31. The van der Waals surface area contributed by atoms with Crippen LogP contribution >= 0.6 is 11.3 Å². The molecule has 0 radical (unpaired) electrons. The number of thiazole rings is 1. The second-order valence-electron chi connectivity index (χ2n) is 11.4. The summed E-state index contributed by atoms with van der Waals surface area (Å²) in [6.45, 7) is 4.12. The first-order valence-corrected chi connectivity index (χ1v) is 14.6. The smallest absolute Gasteiger partial charge is 0.427 e. The molecule has 2 aromatic carbocycles. The zero-order valence-electron chi connectivity index (χ0n) is 24.2. The van der Waals surface area contributed by atoms with Crippen molar-refractivity contribution in [1.82, 2.24) is 19.5 Å². The molecule has 0 saturated carbocycles. The Hall–Kier alpha value is -4.50. The van der Waals surface area contributed by atoms with Crippen molar-refractivity contribution in [2.24, 2.45) is 5.41 Å². The first kappa shape index (κ1) is 31.5. The molecule has 1 saturated heterocycles. The Morgan fingerprint density at radius 2 is 1.89 bits per heavy atom. The molecule has 1 aliphatic rings. The number of fused-ring (bicyclic) bond motifs is 1. The summed E-state index contributed by atoms with van der Waals surface area (Å²) in [5, 5.41) is 9.57. The molecule has 4 heterocycles. The molecule has 1 unspecified atom stereocenters. The van der Waals surface area contributed by atoms with Gasteiger partial charge in [0.25, 0.3) is 0 Å². The standard InChI is InChI=1S/C31H24F6N4O4S/c1-30(2)14-44-12-23(30)41-22-8-16(29(42)43)7-20(34)28(22)40-25(41)9-15-6-19(33)17(10-18(15)32)21-4-3-5-26(39-21)45-13-27-38-11-24(46-27)31(35,36)37/h3-8,10-11,23H,9,12-14H2,1-2H3,(H,42,43). The zero-order valence-corrected chi connectivity index (χ0v) is 25.0. The largest absolute Gasteiger partial charge is 0.478 e. The fourth-order valence-electron chi connectivity index (χ4n) is 5.36. The highest BCUT2D eigenvalue weighted by Crippen LogP contribution is 2.41. The third-order valence-corrected chi connectivity index (χ3v) is 8.71. The van der Waals surface area contributed by atoms with Crippen LogP contribution in [-0.4, -0.2) is 43.8 Å². The van der Waals surface area contributed by atoms with Gasteiger partial charge in [-0.3, -0.25) is 0 Å². The third kappa shape index (κ3) is 6.03. The van der Waals surface area contributed by atoms with Gasteiger partial charge in [0.1, 0.15) is 39.5 Å². The van der Waals surface area contributed by atoms with Crippen LogP contribution in [0.4, 0.5) is 26.3 Å². The van der Waals surface area contributed by atoms with E-state index in [1.54, 1.807) is 4.57 Å². The molecule has 46 heavy (non-hydrogen) atoms. The van der Waals surface area contributed by atoms with Crippen molar-refractivity contribution in [3.63, 3.8) is 0 Å². The highest BCUT2D eigenvalue weighted by molar-refractivity contribution is 7.11. The van der Waals surface area contributed by atoms with Crippen LogP contribution in [0.3, 0.4) is 0 Å². The quantitative estimate of drug-likeness (QED) is 0.172. The van der Waals surface area contributed by atoms with E-state index in [0.717, 1.165) is 18.2 Å². The van der Waals surface area contributed by atoms with Crippen molar-refractivity contribution in [2.75, 3.05) is 13.2 Å². The number of pyridine rings is 1. The first-order valence-electron chi connectivity index (χ1n) is 13.8. The fourth-order valence-corrected chi connectivity index (χ4v) is 6.05. The number of hydrogen-bond donors (Lipinski definition) is 1. The van der Waals surface area contributed by atoms with Crippen LogP contribution < -0.4 is 4.74 Å². The predicted octanol–water partition coefficient (Wildman–Crippen LogP) is 7.46. The number of carbonyl (C=O) groups is 1. The van der Waals surface area contributed by atoms with E-state index >= 15 is 13.2 Å². The van der Waals surface area contributed by atoms with E-state index in [1.807, 2.05) is 13.8 Å². The van der Waals surface area contributed by atoms with Gasteiger partial charge in [-0.15, -0.1) is 11.3 Å². The average molecular weight is 663 g/mol. The number of carboxylic acids is 1. The number of benzene rings is 2. The summed E-state index contributed by atoms with van der Waals surface area (Å²) in [6, 6.07) is 7.99. The van der Waals surface area contributed by atoms with Crippen LogP contribution in [0.1, 0.15) is 51.5 Å². The summed E-state index contributed by atoms with van der Waals surface area (Å²) in [7, 11) is 0.